The molecule has 2 heteroatoms. The second kappa shape index (κ2) is 5.24. The summed E-state index contributed by atoms with van der Waals surface area (Å²) >= 11 is 0. The summed E-state index contributed by atoms with van der Waals surface area (Å²) in [6, 6.07) is 0. The Morgan fingerprint density at radius 3 is 2.07 bits per heavy atom. The van der Waals surface area contributed by atoms with Gasteiger partial charge in [-0.15, -0.1) is 0 Å². The molecule has 1 atom stereocenters. The van der Waals surface area contributed by atoms with Crippen molar-refractivity contribution in [2.45, 2.75) is 54.9 Å². The van der Waals surface area contributed by atoms with Crippen molar-refractivity contribution in [3.63, 3.8) is 0 Å². The summed E-state index contributed by atoms with van der Waals surface area (Å²) in [6.07, 6.45) is 0.827. The number of nitrogens with zero attached hydrogens (tertiary/aromatic N) is 1. The molecule has 1 heterocycles. The molecule has 0 bridgehead atoms. The molecule has 0 aromatic heterocycles. The predicted molar refractivity (Wildman–Crippen MR) is 66.2 cm³/mol. The first-order chi connectivity index (χ1) is 6.93. The van der Waals surface area contributed by atoms with Gasteiger partial charge in [0.25, 0.3) is 0 Å². The van der Waals surface area contributed by atoms with E-state index >= 15 is 0 Å². The van der Waals surface area contributed by atoms with Gasteiger partial charge in [0, 0.05) is 0 Å². The lowest BCUT2D eigenvalue weighted by atomic mass is 9.79. The summed E-state index contributed by atoms with van der Waals surface area (Å²) in [4.78, 5) is 16.1. The van der Waals surface area contributed by atoms with Gasteiger partial charge in [-0.2, -0.15) is 0 Å². The second-order valence-corrected chi connectivity index (χ2v) is 4.06. The van der Waals surface area contributed by atoms with Crippen molar-refractivity contribution in [1.29, 1.82) is 0 Å². The maximum absolute atomic E-state index is 11.8. The molecule has 0 fully saturated rings. The van der Waals surface area contributed by atoms with Crippen LogP contribution in [0, 0.1) is 5.41 Å². The molecular formula is C13H23NO. The van der Waals surface area contributed by atoms with Crippen LogP contribution in [0.3, 0.4) is 0 Å². The minimum absolute atomic E-state index is 0.186. The van der Waals surface area contributed by atoms with Crippen molar-refractivity contribution in [3.05, 3.63) is 11.3 Å². The van der Waals surface area contributed by atoms with Crippen LogP contribution in [0.15, 0.2) is 16.3 Å². The van der Waals surface area contributed by atoms with E-state index in [0.29, 0.717) is 5.71 Å². The Bertz CT molecular complexity index is 308. The zero-order chi connectivity index (χ0) is 12.2. The van der Waals surface area contributed by atoms with E-state index in [1.807, 2.05) is 41.5 Å². The highest BCUT2D eigenvalue weighted by atomic mass is 16.1. The van der Waals surface area contributed by atoms with Gasteiger partial charge in [-0.25, -0.2) is 0 Å². The van der Waals surface area contributed by atoms with E-state index in [1.54, 1.807) is 6.92 Å². The standard InChI is InChI=1S/C11H17NO.C2H6/c1-6-11(5)9(7(2)3)12-8(4)10(11)13;1-2/h6H2,1-5H3;1-2H3. The van der Waals surface area contributed by atoms with Gasteiger partial charge in [-0.1, -0.05) is 26.3 Å². The fraction of sp³-hybridized carbons (Fsp3) is 0.692. The van der Waals surface area contributed by atoms with E-state index in [0.717, 1.165) is 17.7 Å². The molecule has 1 unspecified atom stereocenters. The Morgan fingerprint density at radius 1 is 1.33 bits per heavy atom. The fourth-order valence-electron chi connectivity index (χ4n) is 1.84. The van der Waals surface area contributed by atoms with Gasteiger partial charge in [-0.3, -0.25) is 9.79 Å². The molecule has 0 N–H and O–H groups in total. The third-order valence-electron chi connectivity index (χ3n) is 2.81. The van der Waals surface area contributed by atoms with Crippen molar-refractivity contribution < 1.29 is 4.79 Å². The van der Waals surface area contributed by atoms with Gasteiger partial charge in [0.1, 0.15) is 0 Å². The molecule has 0 radical (unpaired) electrons. The largest absolute Gasteiger partial charge is 0.292 e. The Hall–Kier alpha value is -0.920. The van der Waals surface area contributed by atoms with E-state index < -0.39 is 0 Å². The molecule has 0 aliphatic carbocycles. The van der Waals surface area contributed by atoms with Crippen LogP contribution in [-0.4, -0.2) is 11.5 Å². The minimum Gasteiger partial charge on any atom is -0.292 e. The number of aliphatic imine (C=N–C) groups is 1. The van der Waals surface area contributed by atoms with Gasteiger partial charge in [0.2, 0.25) is 0 Å². The normalized spacial score (nSPS) is 24.6. The Balaban J connectivity index is 0.000000921. The van der Waals surface area contributed by atoms with Gasteiger partial charge >= 0.3 is 0 Å². The van der Waals surface area contributed by atoms with Crippen LogP contribution in [0.25, 0.3) is 0 Å². The van der Waals surface area contributed by atoms with E-state index in [1.165, 1.54) is 0 Å². The number of Topliss-reactive ketones (excluding diaryl/α,β-unsaturated/α-hetero) is 1. The topological polar surface area (TPSA) is 29.4 Å². The predicted octanol–water partition coefficient (Wildman–Crippen LogP) is 3.77. The average Bonchev–Trinajstić information content (AvgIpc) is 2.46. The minimum atomic E-state index is -0.358. The maximum Gasteiger partial charge on any atom is 0.188 e. The number of carbonyl (C=O) groups excluding carboxylic acids is 1. The van der Waals surface area contributed by atoms with Crippen LogP contribution < -0.4 is 0 Å². The molecule has 0 spiro atoms. The van der Waals surface area contributed by atoms with E-state index in [-0.39, 0.29) is 11.2 Å². The highest BCUT2D eigenvalue weighted by Gasteiger charge is 2.42. The highest BCUT2D eigenvalue weighted by Crippen LogP contribution is 2.39. The van der Waals surface area contributed by atoms with Crippen LogP contribution in [0.1, 0.15) is 54.9 Å². The molecule has 0 amide bonds. The molecule has 0 saturated carbocycles. The molecule has 1 aliphatic heterocycles. The zero-order valence-electron chi connectivity index (χ0n) is 11.1. The first-order valence-electron chi connectivity index (χ1n) is 5.71. The average molecular weight is 209 g/mol. The summed E-state index contributed by atoms with van der Waals surface area (Å²) < 4.78 is 0. The molecular weight excluding hydrogens is 186 g/mol. The third-order valence-corrected chi connectivity index (χ3v) is 2.81. The maximum atomic E-state index is 11.8. The van der Waals surface area contributed by atoms with Crippen molar-refractivity contribution in [1.82, 2.24) is 0 Å². The lowest BCUT2D eigenvalue weighted by molar-refractivity contribution is -0.118. The van der Waals surface area contributed by atoms with Gasteiger partial charge in [0.15, 0.2) is 5.78 Å². The van der Waals surface area contributed by atoms with Crippen LogP contribution in [-0.2, 0) is 4.79 Å². The summed E-state index contributed by atoms with van der Waals surface area (Å²) in [5.74, 6) is 0.186. The van der Waals surface area contributed by atoms with E-state index in [9.17, 15) is 4.79 Å². The summed E-state index contributed by atoms with van der Waals surface area (Å²) in [5, 5.41) is 0. The van der Waals surface area contributed by atoms with E-state index in [2.05, 4.69) is 4.99 Å². The summed E-state index contributed by atoms with van der Waals surface area (Å²) in [6.45, 7) is 13.8. The van der Waals surface area contributed by atoms with Crippen molar-refractivity contribution in [2.24, 2.45) is 10.4 Å². The van der Waals surface area contributed by atoms with Crippen LogP contribution in [0.2, 0.25) is 0 Å². The fourth-order valence-corrected chi connectivity index (χ4v) is 1.84. The van der Waals surface area contributed by atoms with Gasteiger partial charge in [0.05, 0.1) is 16.8 Å². The molecule has 0 aromatic carbocycles. The number of carbonyl (C=O) groups is 1. The molecule has 1 rings (SSSR count). The molecule has 0 saturated heterocycles. The lowest BCUT2D eigenvalue weighted by Crippen LogP contribution is -2.27. The molecule has 86 valence electrons. The van der Waals surface area contributed by atoms with Crippen LogP contribution in [0.5, 0.6) is 0 Å². The Labute approximate surface area is 93.5 Å². The number of ketones is 1. The van der Waals surface area contributed by atoms with Crippen molar-refractivity contribution >= 4 is 11.5 Å². The lowest BCUT2D eigenvalue weighted by Gasteiger charge is -2.21. The Kier molecular flexibility index (Phi) is 4.92. The number of rotatable bonds is 1. The summed E-state index contributed by atoms with van der Waals surface area (Å²) in [7, 11) is 0. The smallest absolute Gasteiger partial charge is 0.188 e. The molecule has 1 aliphatic rings. The summed E-state index contributed by atoms with van der Waals surface area (Å²) in [5.41, 5.74) is 2.41. The van der Waals surface area contributed by atoms with Crippen LogP contribution >= 0.6 is 0 Å². The SMILES string of the molecule is CC.CCC1(C)C(=O)C(C)=NC1=C(C)C. The first kappa shape index (κ1) is 14.1. The monoisotopic (exact) mass is 209 g/mol. The second-order valence-electron chi connectivity index (χ2n) is 4.06. The first-order valence-corrected chi connectivity index (χ1v) is 5.71. The van der Waals surface area contributed by atoms with E-state index in [4.69, 9.17) is 0 Å². The molecule has 15 heavy (non-hydrogen) atoms. The molecule has 0 aromatic rings. The number of hydrogen-bond donors (Lipinski definition) is 0. The van der Waals surface area contributed by atoms with Gasteiger partial charge in [-0.05, 0) is 34.1 Å². The van der Waals surface area contributed by atoms with Crippen molar-refractivity contribution in [3.8, 4) is 0 Å². The van der Waals surface area contributed by atoms with Gasteiger partial charge < -0.3 is 0 Å². The number of allylic oxidation sites excluding steroid dienone is 2. The number of hydrogen-bond acceptors (Lipinski definition) is 2. The van der Waals surface area contributed by atoms with Crippen LogP contribution in [0.4, 0.5) is 0 Å². The quantitative estimate of drug-likeness (QED) is 0.646. The Morgan fingerprint density at radius 2 is 1.80 bits per heavy atom. The molecule has 2 nitrogen and oxygen atoms in total. The third kappa shape index (κ3) is 2.36. The zero-order valence-corrected chi connectivity index (χ0v) is 11.1. The van der Waals surface area contributed by atoms with Crippen molar-refractivity contribution in [2.75, 3.05) is 0 Å². The highest BCUT2D eigenvalue weighted by molar-refractivity contribution is 6.43.